The van der Waals surface area contributed by atoms with Gasteiger partial charge < -0.3 is 19.5 Å². The van der Waals surface area contributed by atoms with Gasteiger partial charge in [0.05, 0.1) is 19.1 Å². The van der Waals surface area contributed by atoms with Crippen LogP contribution < -0.4 is 10.1 Å². The Bertz CT molecular complexity index is 850. The largest absolute Gasteiger partial charge is 0.496 e. The molecular weight excluding hydrogens is 390 g/mol. The quantitative estimate of drug-likeness (QED) is 0.737. The van der Waals surface area contributed by atoms with Gasteiger partial charge in [0.1, 0.15) is 11.4 Å². The maximum absolute atomic E-state index is 13.5. The third kappa shape index (κ3) is 4.42. The topological polar surface area (TPSA) is 56.8 Å². The maximum Gasteiger partial charge on any atom is 0.231 e. The lowest BCUT2D eigenvalue weighted by molar-refractivity contribution is -0.132. The summed E-state index contributed by atoms with van der Waals surface area (Å²) >= 11 is 6.16. The Morgan fingerprint density at radius 1 is 1.17 bits per heavy atom. The molecule has 0 aromatic heterocycles. The fourth-order valence-electron chi connectivity index (χ4n) is 3.91. The van der Waals surface area contributed by atoms with Crippen molar-refractivity contribution < 1.29 is 19.0 Å². The molecule has 1 saturated heterocycles. The zero-order chi connectivity index (χ0) is 20.9. The summed E-state index contributed by atoms with van der Waals surface area (Å²) in [7, 11) is 3.27. The van der Waals surface area contributed by atoms with Crippen LogP contribution in [0.4, 0.5) is 0 Å². The van der Waals surface area contributed by atoms with Gasteiger partial charge in [-0.1, -0.05) is 41.9 Å². The van der Waals surface area contributed by atoms with E-state index in [1.54, 1.807) is 14.2 Å². The van der Waals surface area contributed by atoms with Crippen LogP contribution in [-0.4, -0.2) is 39.9 Å². The van der Waals surface area contributed by atoms with Gasteiger partial charge in [-0.05, 0) is 43.5 Å². The van der Waals surface area contributed by atoms with Crippen molar-refractivity contribution in [2.75, 3.05) is 34.0 Å². The van der Waals surface area contributed by atoms with Crippen LogP contribution in [0.3, 0.4) is 0 Å². The van der Waals surface area contributed by atoms with Crippen LogP contribution in [0.15, 0.2) is 48.5 Å². The molecule has 0 spiro atoms. The molecule has 5 nitrogen and oxygen atoms in total. The normalized spacial score (nSPS) is 17.9. The molecule has 2 aromatic carbocycles. The molecule has 1 aliphatic heterocycles. The number of hydrogen-bond acceptors (Lipinski definition) is 4. The molecule has 0 bridgehead atoms. The smallest absolute Gasteiger partial charge is 0.231 e. The molecule has 0 saturated carbocycles. The fourth-order valence-corrected chi connectivity index (χ4v) is 4.10. The molecule has 0 aliphatic carbocycles. The van der Waals surface area contributed by atoms with E-state index in [9.17, 15) is 4.79 Å². The first kappa shape index (κ1) is 21.6. The first-order chi connectivity index (χ1) is 13.9. The highest BCUT2D eigenvalue weighted by atomic mass is 35.5. The molecule has 6 heteroatoms. The summed E-state index contributed by atoms with van der Waals surface area (Å²) in [6.07, 6.45) is 1.19. The Morgan fingerprint density at radius 2 is 1.90 bits per heavy atom. The van der Waals surface area contributed by atoms with Crippen molar-refractivity contribution in [2.45, 2.75) is 30.8 Å². The van der Waals surface area contributed by atoms with Crippen LogP contribution in [-0.2, 0) is 25.3 Å². The van der Waals surface area contributed by atoms with Crippen molar-refractivity contribution in [2.24, 2.45) is 0 Å². The lowest BCUT2D eigenvalue weighted by atomic mass is 9.72. The van der Waals surface area contributed by atoms with E-state index in [0.717, 1.165) is 11.1 Å². The molecule has 2 aromatic rings. The van der Waals surface area contributed by atoms with Gasteiger partial charge in [-0.3, -0.25) is 4.79 Å². The lowest BCUT2D eigenvalue weighted by Crippen LogP contribution is -2.51. The number of rotatable bonds is 7. The first-order valence-corrected chi connectivity index (χ1v) is 10.1. The van der Waals surface area contributed by atoms with E-state index >= 15 is 0 Å². The van der Waals surface area contributed by atoms with Gasteiger partial charge in [-0.25, -0.2) is 0 Å². The van der Waals surface area contributed by atoms with Crippen LogP contribution >= 0.6 is 11.6 Å². The van der Waals surface area contributed by atoms with E-state index in [1.165, 1.54) is 0 Å². The van der Waals surface area contributed by atoms with Gasteiger partial charge in [-0.15, -0.1) is 0 Å². The molecule has 3 rings (SSSR count). The molecule has 29 heavy (non-hydrogen) atoms. The summed E-state index contributed by atoms with van der Waals surface area (Å²) in [6, 6.07) is 15.2. The number of halogens is 1. The highest BCUT2D eigenvalue weighted by molar-refractivity contribution is 6.30. The van der Waals surface area contributed by atoms with Crippen LogP contribution in [0.2, 0.25) is 5.02 Å². The molecule has 1 atom stereocenters. The van der Waals surface area contributed by atoms with Gasteiger partial charge in [0.2, 0.25) is 5.91 Å². The molecule has 156 valence electrons. The van der Waals surface area contributed by atoms with Crippen LogP contribution in [0.5, 0.6) is 5.75 Å². The van der Waals surface area contributed by atoms with E-state index in [0.29, 0.717) is 43.4 Å². The second-order valence-electron chi connectivity index (χ2n) is 7.52. The highest BCUT2D eigenvalue weighted by Gasteiger charge is 2.44. The molecule has 1 fully saturated rings. The zero-order valence-electron chi connectivity index (χ0n) is 17.2. The predicted molar refractivity (Wildman–Crippen MR) is 114 cm³/mol. The molecule has 1 N–H and O–H groups in total. The highest BCUT2D eigenvalue weighted by Crippen LogP contribution is 2.40. The number of para-hydroxylation sites is 1. The Labute approximate surface area is 177 Å². The number of amides is 1. The standard InChI is InChI=1S/C23H28ClNO4/c1-22(28-3,17-7-6-8-18(24)15-17)16-25-21(26)23(11-13-29-14-12-23)19-9-4-5-10-20(19)27-2/h4-10,15H,11-14,16H2,1-3H3,(H,25,26). The summed E-state index contributed by atoms with van der Waals surface area (Å²) in [5, 5.41) is 3.77. The van der Waals surface area contributed by atoms with E-state index in [1.807, 2.05) is 55.5 Å². The first-order valence-electron chi connectivity index (χ1n) is 9.76. The van der Waals surface area contributed by atoms with Gasteiger partial charge in [0.15, 0.2) is 0 Å². The monoisotopic (exact) mass is 417 g/mol. The Morgan fingerprint density at radius 3 is 2.55 bits per heavy atom. The number of methoxy groups -OCH3 is 2. The zero-order valence-corrected chi connectivity index (χ0v) is 17.9. The Hall–Kier alpha value is -2.08. The molecule has 1 unspecified atom stereocenters. The van der Waals surface area contributed by atoms with E-state index in [2.05, 4.69) is 5.32 Å². The van der Waals surface area contributed by atoms with Crippen molar-refractivity contribution in [3.63, 3.8) is 0 Å². The third-order valence-electron chi connectivity index (χ3n) is 5.88. The Balaban J connectivity index is 1.87. The number of ether oxygens (including phenoxy) is 3. The van der Waals surface area contributed by atoms with Crippen molar-refractivity contribution in [3.8, 4) is 5.75 Å². The molecule has 1 aliphatic rings. The summed E-state index contributed by atoms with van der Waals surface area (Å²) in [5.41, 5.74) is 0.401. The van der Waals surface area contributed by atoms with Crippen LogP contribution in [0.25, 0.3) is 0 Å². The summed E-state index contributed by atoms with van der Waals surface area (Å²) in [6.45, 7) is 3.32. The van der Waals surface area contributed by atoms with Crippen LogP contribution in [0, 0.1) is 0 Å². The van der Waals surface area contributed by atoms with Crippen molar-refractivity contribution in [3.05, 3.63) is 64.7 Å². The molecular formula is C23H28ClNO4. The minimum Gasteiger partial charge on any atom is -0.496 e. The minimum atomic E-state index is -0.701. The predicted octanol–water partition coefficient (Wildman–Crippen LogP) is 4.07. The van der Waals surface area contributed by atoms with Crippen molar-refractivity contribution in [1.29, 1.82) is 0 Å². The fraction of sp³-hybridized carbons (Fsp3) is 0.435. The van der Waals surface area contributed by atoms with E-state index in [4.69, 9.17) is 25.8 Å². The minimum absolute atomic E-state index is 0.0457. The molecule has 1 heterocycles. The lowest BCUT2D eigenvalue weighted by Gasteiger charge is -2.38. The van der Waals surface area contributed by atoms with Gasteiger partial charge >= 0.3 is 0 Å². The average Bonchev–Trinajstić information content (AvgIpc) is 2.77. The maximum atomic E-state index is 13.5. The third-order valence-corrected chi connectivity index (χ3v) is 6.11. The van der Waals surface area contributed by atoms with Crippen molar-refractivity contribution in [1.82, 2.24) is 5.32 Å². The van der Waals surface area contributed by atoms with Gasteiger partial charge in [0.25, 0.3) is 0 Å². The number of benzene rings is 2. The summed E-state index contributed by atoms with van der Waals surface area (Å²) in [5.74, 6) is 0.671. The Kier molecular flexibility index (Phi) is 6.83. The number of carbonyl (C=O) groups is 1. The molecule has 0 radical (unpaired) electrons. The molecule has 1 amide bonds. The average molecular weight is 418 g/mol. The van der Waals surface area contributed by atoms with Gasteiger partial charge in [0, 0.05) is 30.9 Å². The number of carbonyl (C=O) groups excluding carboxylic acids is 1. The van der Waals surface area contributed by atoms with E-state index in [-0.39, 0.29) is 5.91 Å². The second kappa shape index (κ2) is 9.16. The van der Waals surface area contributed by atoms with E-state index < -0.39 is 11.0 Å². The summed E-state index contributed by atoms with van der Waals surface area (Å²) < 4.78 is 16.9. The number of nitrogens with one attached hydrogen (secondary N) is 1. The van der Waals surface area contributed by atoms with Crippen LogP contribution in [0.1, 0.15) is 30.9 Å². The number of hydrogen-bond donors (Lipinski definition) is 1. The second-order valence-corrected chi connectivity index (χ2v) is 7.96. The van der Waals surface area contributed by atoms with Crippen molar-refractivity contribution >= 4 is 17.5 Å². The summed E-state index contributed by atoms with van der Waals surface area (Å²) in [4.78, 5) is 13.5. The SMILES string of the molecule is COc1ccccc1C1(C(=O)NCC(C)(OC)c2cccc(Cl)c2)CCOCC1. The van der Waals surface area contributed by atoms with Gasteiger partial charge in [-0.2, -0.15) is 0 Å².